The van der Waals surface area contributed by atoms with Crippen LogP contribution in [0, 0.1) is 10.8 Å². The highest BCUT2D eigenvalue weighted by Gasteiger charge is 2.34. The number of hydrogen-bond acceptors (Lipinski definition) is 8. The maximum Gasteiger partial charge on any atom is 0.311 e. The third-order valence-electron chi connectivity index (χ3n) is 13.1. The molecule has 9 heteroatoms. The van der Waals surface area contributed by atoms with Crippen molar-refractivity contribution in [3.63, 3.8) is 0 Å². The fourth-order valence-electron chi connectivity index (χ4n) is 8.13. The molecule has 0 aliphatic heterocycles. The smallest absolute Gasteiger partial charge is 0.311 e. The number of carboxylic acid groups (broad SMARTS) is 1. The molecule has 0 aromatic carbocycles. The number of unbranched alkanes of at least 4 members (excludes halogenated alkanes) is 26. The van der Waals surface area contributed by atoms with Crippen LogP contribution >= 0.6 is 0 Å². The summed E-state index contributed by atoms with van der Waals surface area (Å²) in [5.74, 6) is -0.615. The summed E-state index contributed by atoms with van der Waals surface area (Å²) < 4.78 is 26.9. The third kappa shape index (κ3) is 52.4. The Hall–Kier alpha value is -1.26. The van der Waals surface area contributed by atoms with Gasteiger partial charge in [-0.15, -0.1) is 0 Å². The number of aliphatic hydroxyl groups is 1. The number of esters is 1. The van der Waals surface area contributed by atoms with Crippen molar-refractivity contribution in [1.29, 1.82) is 0 Å². The van der Waals surface area contributed by atoms with Crippen molar-refractivity contribution >= 4 is 11.9 Å². The van der Waals surface area contributed by atoms with Crippen molar-refractivity contribution in [2.75, 3.05) is 66.1 Å². The lowest BCUT2D eigenvalue weighted by atomic mass is 9.79. The van der Waals surface area contributed by atoms with Crippen LogP contribution in [-0.4, -0.2) is 88.2 Å². The first-order valence-electron chi connectivity index (χ1n) is 28.9. The van der Waals surface area contributed by atoms with Crippen molar-refractivity contribution in [2.24, 2.45) is 10.8 Å². The number of aliphatic carboxylic acids is 1. The predicted octanol–water partition coefficient (Wildman–Crippen LogP) is 16.8. The SMILES string of the molecule is CCCCCCCCCCC(C)(CCCCCCCC)C(=O)O.CCCCCCCCCCC(C)(CCCCCCCC)C(=O)OCCOCCOCCCC.CCCCOCCOCCO. The van der Waals surface area contributed by atoms with Gasteiger partial charge in [0.2, 0.25) is 0 Å². The van der Waals surface area contributed by atoms with Crippen LogP contribution in [0.5, 0.6) is 0 Å². The molecule has 2 unspecified atom stereocenters. The van der Waals surface area contributed by atoms with Crippen LogP contribution in [0.25, 0.3) is 0 Å². The van der Waals surface area contributed by atoms with Crippen molar-refractivity contribution in [3.8, 4) is 0 Å². The third-order valence-corrected chi connectivity index (χ3v) is 13.1. The molecule has 0 bridgehead atoms. The summed E-state index contributed by atoms with van der Waals surface area (Å²) >= 11 is 0. The highest BCUT2D eigenvalue weighted by Crippen LogP contribution is 2.34. The van der Waals surface area contributed by atoms with E-state index in [0.29, 0.717) is 46.2 Å². The molecule has 0 rings (SSSR count). The summed E-state index contributed by atoms with van der Waals surface area (Å²) in [5.41, 5.74) is -0.844. The van der Waals surface area contributed by atoms with Crippen molar-refractivity contribution in [2.45, 2.75) is 287 Å². The largest absolute Gasteiger partial charge is 0.481 e. The molecular weight excluding hydrogens is 841 g/mol. The van der Waals surface area contributed by atoms with E-state index < -0.39 is 11.4 Å². The predicted molar refractivity (Wildman–Crippen MR) is 285 cm³/mol. The van der Waals surface area contributed by atoms with Gasteiger partial charge < -0.3 is 33.9 Å². The van der Waals surface area contributed by atoms with E-state index in [4.69, 9.17) is 28.8 Å². The van der Waals surface area contributed by atoms with Gasteiger partial charge in [0.15, 0.2) is 0 Å². The summed E-state index contributed by atoms with van der Waals surface area (Å²) in [4.78, 5) is 24.6. The Morgan fingerprint density at radius 1 is 0.328 bits per heavy atom. The molecule has 0 aliphatic rings. The van der Waals surface area contributed by atoms with E-state index in [-0.39, 0.29) is 18.0 Å². The van der Waals surface area contributed by atoms with Crippen molar-refractivity contribution in [1.82, 2.24) is 0 Å². The Morgan fingerprint density at radius 3 is 0.881 bits per heavy atom. The van der Waals surface area contributed by atoms with Gasteiger partial charge in [-0.2, -0.15) is 0 Å². The molecule has 0 fully saturated rings. The van der Waals surface area contributed by atoms with E-state index in [9.17, 15) is 14.7 Å². The normalized spacial score (nSPS) is 13.0. The number of carbonyl (C=O) groups is 2. The minimum atomic E-state index is -0.589. The Labute approximate surface area is 417 Å². The number of rotatable bonds is 51. The number of hydrogen-bond donors (Lipinski definition) is 2. The Kier molecular flexibility index (Phi) is 59.9. The van der Waals surface area contributed by atoms with E-state index in [1.165, 1.54) is 154 Å². The average Bonchev–Trinajstić information content (AvgIpc) is 3.32. The second-order valence-corrected chi connectivity index (χ2v) is 19.9. The molecule has 0 aromatic rings. The zero-order chi connectivity index (χ0) is 50.2. The summed E-state index contributed by atoms with van der Waals surface area (Å²) in [6.45, 7) is 22.7. The van der Waals surface area contributed by atoms with E-state index in [2.05, 4.69) is 48.5 Å². The molecule has 0 heterocycles. The minimum Gasteiger partial charge on any atom is -0.481 e. The van der Waals surface area contributed by atoms with Crippen LogP contribution in [0.1, 0.15) is 287 Å². The summed E-state index contributed by atoms with van der Waals surface area (Å²) in [6, 6.07) is 0. The fraction of sp³-hybridized carbons (Fsp3) is 0.966. The molecule has 0 saturated carbocycles. The highest BCUT2D eigenvalue weighted by atomic mass is 16.6. The van der Waals surface area contributed by atoms with Crippen LogP contribution in [0.3, 0.4) is 0 Å². The average molecular weight is 960 g/mol. The quantitative estimate of drug-likeness (QED) is 0.0453. The molecule has 404 valence electrons. The van der Waals surface area contributed by atoms with Crippen molar-refractivity contribution in [3.05, 3.63) is 0 Å². The van der Waals surface area contributed by atoms with E-state index >= 15 is 0 Å². The lowest BCUT2D eigenvalue weighted by Gasteiger charge is -2.27. The molecule has 9 nitrogen and oxygen atoms in total. The molecule has 0 aliphatic carbocycles. The topological polar surface area (TPSA) is 121 Å². The van der Waals surface area contributed by atoms with E-state index in [0.717, 1.165) is 90.3 Å². The number of carboxylic acids is 1. The van der Waals surface area contributed by atoms with Crippen LogP contribution in [0.2, 0.25) is 0 Å². The van der Waals surface area contributed by atoms with Gasteiger partial charge in [-0.1, -0.05) is 234 Å². The van der Waals surface area contributed by atoms with Crippen LogP contribution in [0.4, 0.5) is 0 Å². The minimum absolute atomic E-state index is 0.0261. The first-order chi connectivity index (χ1) is 32.6. The molecule has 0 radical (unpaired) electrons. The van der Waals surface area contributed by atoms with Gasteiger partial charge in [0, 0.05) is 13.2 Å². The van der Waals surface area contributed by atoms with E-state index in [1.54, 1.807) is 0 Å². The molecular formula is C58H118O9. The van der Waals surface area contributed by atoms with Crippen LogP contribution in [0.15, 0.2) is 0 Å². The summed E-state index contributed by atoms with van der Waals surface area (Å²) in [6.07, 6.45) is 43.7. The first-order valence-corrected chi connectivity index (χ1v) is 28.9. The number of aliphatic hydroxyl groups excluding tert-OH is 1. The second kappa shape index (κ2) is 57.3. The lowest BCUT2D eigenvalue weighted by Crippen LogP contribution is -2.31. The van der Waals surface area contributed by atoms with Gasteiger partial charge in [0.05, 0.1) is 57.1 Å². The van der Waals surface area contributed by atoms with Gasteiger partial charge in [0.1, 0.15) is 6.61 Å². The van der Waals surface area contributed by atoms with Gasteiger partial charge in [-0.05, 0) is 52.4 Å². The zero-order valence-electron chi connectivity index (χ0n) is 46.3. The number of ether oxygens (including phenoxy) is 5. The summed E-state index contributed by atoms with van der Waals surface area (Å²) in [7, 11) is 0. The molecule has 67 heavy (non-hydrogen) atoms. The van der Waals surface area contributed by atoms with Gasteiger partial charge in [0.25, 0.3) is 0 Å². The molecule has 0 aromatic heterocycles. The fourth-order valence-corrected chi connectivity index (χ4v) is 8.13. The summed E-state index contributed by atoms with van der Waals surface area (Å²) in [5, 5.41) is 17.9. The van der Waals surface area contributed by atoms with Gasteiger partial charge >= 0.3 is 11.9 Å². The van der Waals surface area contributed by atoms with Gasteiger partial charge in [-0.3, -0.25) is 9.59 Å². The number of carbonyl (C=O) groups excluding carboxylic acids is 1. The zero-order valence-corrected chi connectivity index (χ0v) is 46.3. The van der Waals surface area contributed by atoms with E-state index in [1.807, 2.05) is 6.92 Å². The standard InChI is InChI=1S/C29H58O4.C21H42O2.C8H18O3/c1-5-8-11-13-15-16-18-20-22-29(4,21-19-17-14-12-9-6-2)28(30)33-27-26-32-25-24-31-23-10-7-3;1-4-6-8-10-12-13-15-17-19-21(3,20(22)23)18-16-14-11-9-7-5-2;1-2-3-5-10-7-8-11-6-4-9/h5-27H2,1-4H3;4-19H2,1-3H3,(H,22,23);9H,2-8H2,1H3. The van der Waals surface area contributed by atoms with Gasteiger partial charge in [-0.25, -0.2) is 0 Å². The molecule has 2 N–H and O–H groups in total. The highest BCUT2D eigenvalue weighted by molar-refractivity contribution is 5.76. The Morgan fingerprint density at radius 2 is 0.582 bits per heavy atom. The first kappa shape index (κ1) is 70.0. The monoisotopic (exact) mass is 959 g/mol. The molecule has 0 saturated heterocycles. The van der Waals surface area contributed by atoms with Crippen LogP contribution < -0.4 is 0 Å². The lowest BCUT2D eigenvalue weighted by molar-refractivity contribution is -0.157. The Balaban J connectivity index is -0.00000104. The molecule has 0 amide bonds. The maximum atomic E-state index is 13.0. The second-order valence-electron chi connectivity index (χ2n) is 19.9. The van der Waals surface area contributed by atoms with Crippen molar-refractivity contribution < 1.29 is 43.5 Å². The molecule has 0 spiro atoms. The van der Waals surface area contributed by atoms with Crippen LogP contribution in [-0.2, 0) is 33.3 Å². The molecule has 2 atom stereocenters. The maximum absolute atomic E-state index is 13.0. The Bertz CT molecular complexity index is 956.